The van der Waals surface area contributed by atoms with Gasteiger partial charge in [0.05, 0.1) is 0 Å². The number of fused-ring (bicyclic) bond motifs is 1. The summed E-state index contributed by atoms with van der Waals surface area (Å²) >= 11 is 0. The molecule has 0 radical (unpaired) electrons. The number of hydrogen-bond donors (Lipinski definition) is 1. The van der Waals surface area contributed by atoms with Crippen LogP contribution in [0.25, 0.3) is 0 Å². The van der Waals surface area contributed by atoms with Crippen molar-refractivity contribution in [1.29, 1.82) is 0 Å². The maximum Gasteiger partial charge on any atom is 0.0223 e. The summed E-state index contributed by atoms with van der Waals surface area (Å²) in [4.78, 5) is 2.44. The van der Waals surface area contributed by atoms with Crippen molar-refractivity contribution in [2.45, 2.75) is 25.3 Å². The first-order valence-corrected chi connectivity index (χ1v) is 4.78. The molecule has 1 N–H and O–H groups in total. The van der Waals surface area contributed by atoms with Crippen molar-refractivity contribution in [3.63, 3.8) is 0 Å². The predicted octanol–water partition coefficient (Wildman–Crippen LogP) is 0.690. The highest BCUT2D eigenvalue weighted by molar-refractivity contribution is 4.87. The van der Waals surface area contributed by atoms with Gasteiger partial charge < -0.3 is 10.2 Å². The van der Waals surface area contributed by atoms with E-state index in [-0.39, 0.29) is 0 Å². The fraction of sp³-hybridized carbons (Fsp3) is 1.00. The molecule has 2 unspecified atom stereocenters. The van der Waals surface area contributed by atoms with Crippen molar-refractivity contribution in [3.8, 4) is 0 Å². The minimum atomic E-state index is 0.808. The molecule has 0 aromatic heterocycles. The molecule has 0 spiro atoms. The van der Waals surface area contributed by atoms with E-state index in [0.717, 1.165) is 12.0 Å². The number of hydrogen-bond acceptors (Lipinski definition) is 2. The Bertz CT molecular complexity index is 136. The van der Waals surface area contributed by atoms with Gasteiger partial charge in [-0.1, -0.05) is 0 Å². The smallest absolute Gasteiger partial charge is 0.0223 e. The topological polar surface area (TPSA) is 15.3 Å². The number of likely N-dealkylation sites (N-methyl/N-ethyl adjacent to an activating group) is 1. The molecule has 0 aromatic rings. The summed E-state index contributed by atoms with van der Waals surface area (Å²) in [6.45, 7) is 3.82. The van der Waals surface area contributed by atoms with E-state index in [1.54, 1.807) is 0 Å². The Morgan fingerprint density at radius 3 is 3.18 bits per heavy atom. The van der Waals surface area contributed by atoms with E-state index in [0.29, 0.717) is 0 Å². The summed E-state index contributed by atoms with van der Waals surface area (Å²) in [6.07, 6.45) is 4.27. The molecule has 2 heterocycles. The van der Waals surface area contributed by atoms with Crippen LogP contribution < -0.4 is 5.32 Å². The molecule has 2 rings (SSSR count). The normalized spacial score (nSPS) is 40.1. The van der Waals surface area contributed by atoms with Gasteiger partial charge >= 0.3 is 0 Å². The Morgan fingerprint density at radius 2 is 2.27 bits per heavy atom. The standard InChI is InChI=1S/C9H18N2/c1-11-6-4-8-3-2-5-10-9(8)7-11/h8-10H,2-7H2,1H3. The van der Waals surface area contributed by atoms with Crippen molar-refractivity contribution < 1.29 is 0 Å². The van der Waals surface area contributed by atoms with Crippen LogP contribution in [0.3, 0.4) is 0 Å². The molecule has 2 atom stereocenters. The van der Waals surface area contributed by atoms with Crippen molar-refractivity contribution in [1.82, 2.24) is 10.2 Å². The van der Waals surface area contributed by atoms with Crippen LogP contribution in [0.5, 0.6) is 0 Å². The lowest BCUT2D eigenvalue weighted by Gasteiger charge is -2.40. The van der Waals surface area contributed by atoms with Gasteiger partial charge in [-0.3, -0.25) is 0 Å². The minimum absolute atomic E-state index is 0.808. The molecule has 0 aromatic carbocycles. The number of likely N-dealkylation sites (tertiary alicyclic amines) is 1. The Hall–Kier alpha value is -0.0800. The Kier molecular flexibility index (Phi) is 2.14. The van der Waals surface area contributed by atoms with E-state index >= 15 is 0 Å². The molecule has 2 aliphatic rings. The van der Waals surface area contributed by atoms with Gasteiger partial charge in [0.25, 0.3) is 0 Å². The zero-order chi connectivity index (χ0) is 7.68. The summed E-state index contributed by atoms with van der Waals surface area (Å²) in [5.74, 6) is 0.986. The van der Waals surface area contributed by atoms with Gasteiger partial charge in [0, 0.05) is 12.6 Å². The maximum atomic E-state index is 3.61. The quantitative estimate of drug-likeness (QED) is 0.552. The second-order valence-corrected chi connectivity index (χ2v) is 4.01. The fourth-order valence-electron chi connectivity index (χ4n) is 2.39. The van der Waals surface area contributed by atoms with Crippen LogP contribution in [0.2, 0.25) is 0 Å². The average molecular weight is 154 g/mol. The van der Waals surface area contributed by atoms with Gasteiger partial charge in [-0.25, -0.2) is 0 Å². The largest absolute Gasteiger partial charge is 0.312 e. The van der Waals surface area contributed by atoms with Gasteiger partial charge in [0.2, 0.25) is 0 Å². The highest BCUT2D eigenvalue weighted by atomic mass is 15.1. The molecule has 2 nitrogen and oxygen atoms in total. The third-order valence-electron chi connectivity index (χ3n) is 3.12. The van der Waals surface area contributed by atoms with E-state index in [4.69, 9.17) is 0 Å². The van der Waals surface area contributed by atoms with Gasteiger partial charge in [-0.15, -0.1) is 0 Å². The summed E-state index contributed by atoms with van der Waals surface area (Å²) < 4.78 is 0. The van der Waals surface area contributed by atoms with Crippen molar-refractivity contribution >= 4 is 0 Å². The lowest BCUT2D eigenvalue weighted by atomic mass is 9.85. The molecule has 0 bridgehead atoms. The molecule has 11 heavy (non-hydrogen) atoms. The zero-order valence-electron chi connectivity index (χ0n) is 7.34. The number of rotatable bonds is 0. The molecule has 2 saturated heterocycles. The van der Waals surface area contributed by atoms with Crippen molar-refractivity contribution in [2.75, 3.05) is 26.7 Å². The van der Waals surface area contributed by atoms with Crippen LogP contribution in [-0.4, -0.2) is 37.6 Å². The second kappa shape index (κ2) is 3.11. The zero-order valence-corrected chi connectivity index (χ0v) is 7.34. The number of nitrogens with one attached hydrogen (secondary N) is 1. The molecule has 2 fully saturated rings. The summed E-state index contributed by atoms with van der Waals surface area (Å²) in [5, 5.41) is 3.61. The maximum absolute atomic E-state index is 3.61. The number of nitrogens with zero attached hydrogens (tertiary/aromatic N) is 1. The third kappa shape index (κ3) is 1.57. The van der Waals surface area contributed by atoms with E-state index in [2.05, 4.69) is 17.3 Å². The van der Waals surface area contributed by atoms with Crippen molar-refractivity contribution in [2.24, 2.45) is 5.92 Å². The van der Waals surface area contributed by atoms with Crippen LogP contribution in [0.4, 0.5) is 0 Å². The Morgan fingerprint density at radius 1 is 1.36 bits per heavy atom. The average Bonchev–Trinajstić information content (AvgIpc) is 2.04. The lowest BCUT2D eigenvalue weighted by Crippen LogP contribution is -2.52. The van der Waals surface area contributed by atoms with E-state index < -0.39 is 0 Å². The molecule has 0 aliphatic carbocycles. The van der Waals surface area contributed by atoms with E-state index in [1.807, 2.05) is 0 Å². The van der Waals surface area contributed by atoms with E-state index in [1.165, 1.54) is 38.9 Å². The van der Waals surface area contributed by atoms with Crippen LogP contribution in [0.1, 0.15) is 19.3 Å². The van der Waals surface area contributed by atoms with Gasteiger partial charge in [0.1, 0.15) is 0 Å². The van der Waals surface area contributed by atoms with Crippen molar-refractivity contribution in [3.05, 3.63) is 0 Å². The number of piperidine rings is 2. The third-order valence-corrected chi connectivity index (χ3v) is 3.12. The molecular weight excluding hydrogens is 136 g/mol. The van der Waals surface area contributed by atoms with Crippen LogP contribution in [0.15, 0.2) is 0 Å². The first-order chi connectivity index (χ1) is 5.36. The van der Waals surface area contributed by atoms with Crippen LogP contribution >= 0.6 is 0 Å². The summed E-state index contributed by atoms with van der Waals surface area (Å²) in [7, 11) is 2.23. The molecule has 2 heteroatoms. The fourth-order valence-corrected chi connectivity index (χ4v) is 2.39. The SMILES string of the molecule is CN1CCC2CCCNC2C1. The minimum Gasteiger partial charge on any atom is -0.312 e. The van der Waals surface area contributed by atoms with E-state index in [9.17, 15) is 0 Å². The molecular formula is C9H18N2. The molecule has 2 aliphatic heterocycles. The molecule has 64 valence electrons. The molecule has 0 amide bonds. The monoisotopic (exact) mass is 154 g/mol. The van der Waals surface area contributed by atoms with Gasteiger partial charge in [-0.05, 0) is 45.3 Å². The highest BCUT2D eigenvalue weighted by Crippen LogP contribution is 2.24. The Balaban J connectivity index is 1.93. The summed E-state index contributed by atoms with van der Waals surface area (Å²) in [5.41, 5.74) is 0. The Labute approximate surface area is 69.0 Å². The second-order valence-electron chi connectivity index (χ2n) is 4.01. The lowest BCUT2D eigenvalue weighted by molar-refractivity contribution is 0.138. The van der Waals surface area contributed by atoms with Crippen LogP contribution in [-0.2, 0) is 0 Å². The first-order valence-electron chi connectivity index (χ1n) is 4.78. The van der Waals surface area contributed by atoms with Gasteiger partial charge in [0.15, 0.2) is 0 Å². The molecule has 0 saturated carbocycles. The highest BCUT2D eigenvalue weighted by Gasteiger charge is 2.28. The first kappa shape index (κ1) is 7.56. The van der Waals surface area contributed by atoms with Crippen LogP contribution in [0, 0.1) is 5.92 Å². The van der Waals surface area contributed by atoms with Gasteiger partial charge in [-0.2, -0.15) is 0 Å². The summed E-state index contributed by atoms with van der Waals surface area (Å²) in [6, 6.07) is 0.808. The predicted molar refractivity (Wildman–Crippen MR) is 46.6 cm³/mol.